The molecule has 25 heavy (non-hydrogen) atoms. The molecular weight excluding hydrogens is 334 g/mol. The molecule has 0 aliphatic heterocycles. The van der Waals surface area contributed by atoms with Crippen LogP contribution in [0.3, 0.4) is 0 Å². The fraction of sp³-hybridized carbons (Fsp3) is 0.429. The van der Waals surface area contributed by atoms with E-state index in [2.05, 4.69) is 64.1 Å². The van der Waals surface area contributed by atoms with Crippen molar-refractivity contribution in [3.63, 3.8) is 0 Å². The molecule has 2 aromatic rings. The minimum atomic E-state index is -0.341. The molecule has 0 amide bonds. The van der Waals surface area contributed by atoms with E-state index >= 15 is 0 Å². The first kappa shape index (κ1) is 21.7. The van der Waals surface area contributed by atoms with Crippen LogP contribution in [0.5, 0.6) is 0 Å². The Balaban J connectivity index is 0.00000312. The van der Waals surface area contributed by atoms with Gasteiger partial charge in [0.15, 0.2) is 0 Å². The van der Waals surface area contributed by atoms with E-state index in [-0.39, 0.29) is 23.2 Å². The molecule has 4 heteroatoms. The van der Waals surface area contributed by atoms with Crippen molar-refractivity contribution in [2.45, 2.75) is 33.8 Å². The topological polar surface area (TPSA) is 32.3 Å². The van der Waals surface area contributed by atoms with Gasteiger partial charge in [0.2, 0.25) is 0 Å². The van der Waals surface area contributed by atoms with Crippen molar-refractivity contribution in [1.82, 2.24) is 0 Å². The lowest BCUT2D eigenvalue weighted by Gasteiger charge is -2.34. The zero-order chi connectivity index (χ0) is 17.9. The van der Waals surface area contributed by atoms with Gasteiger partial charge in [-0.25, -0.2) is 0 Å². The van der Waals surface area contributed by atoms with Gasteiger partial charge in [0.25, 0.3) is 0 Å². The van der Waals surface area contributed by atoms with Crippen molar-refractivity contribution in [3.05, 3.63) is 75.0 Å². The monoisotopic (exact) mass is 363 g/mol. The first-order chi connectivity index (χ1) is 11.2. The summed E-state index contributed by atoms with van der Waals surface area (Å²) in [6.07, 6.45) is -0.140. The van der Waals surface area contributed by atoms with E-state index in [1.165, 1.54) is 33.4 Å². The Hall–Kier alpha value is -1.39. The summed E-state index contributed by atoms with van der Waals surface area (Å²) < 4.78 is 5.96. The summed E-state index contributed by atoms with van der Waals surface area (Å²) in [7, 11) is 3.30. The van der Waals surface area contributed by atoms with Crippen LogP contribution in [0.2, 0.25) is 0 Å². The van der Waals surface area contributed by atoms with E-state index in [9.17, 15) is 5.21 Å². The lowest BCUT2D eigenvalue weighted by molar-refractivity contribution is -0.840. The van der Waals surface area contributed by atoms with Crippen molar-refractivity contribution >= 4 is 12.4 Å². The highest BCUT2D eigenvalue weighted by molar-refractivity contribution is 5.85. The summed E-state index contributed by atoms with van der Waals surface area (Å²) in [4.78, 5) is 0. The predicted octanol–water partition coefficient (Wildman–Crippen LogP) is 5.02. The molecule has 138 valence electrons. The molecule has 0 heterocycles. The van der Waals surface area contributed by atoms with Crippen molar-refractivity contribution in [2.75, 3.05) is 27.2 Å². The molecule has 0 aliphatic carbocycles. The molecule has 0 saturated carbocycles. The van der Waals surface area contributed by atoms with E-state index in [1.807, 2.05) is 0 Å². The highest BCUT2D eigenvalue weighted by Gasteiger charge is 2.23. The molecule has 0 atom stereocenters. The molecule has 0 unspecified atom stereocenters. The minimum Gasteiger partial charge on any atom is -0.633 e. The van der Waals surface area contributed by atoms with E-state index < -0.39 is 0 Å². The molecule has 0 bridgehead atoms. The van der Waals surface area contributed by atoms with Crippen LogP contribution < -0.4 is 0 Å². The number of likely N-dealkylation sites (N-methyl/N-ethyl adjacent to an activating group) is 1. The van der Waals surface area contributed by atoms with Gasteiger partial charge in [-0.05, 0) is 61.1 Å². The van der Waals surface area contributed by atoms with E-state index in [0.29, 0.717) is 13.2 Å². The second-order valence-electron chi connectivity index (χ2n) is 7.16. The molecule has 2 aromatic carbocycles. The van der Waals surface area contributed by atoms with Gasteiger partial charge in [0, 0.05) is 0 Å². The van der Waals surface area contributed by atoms with Gasteiger partial charge in [0.1, 0.15) is 12.6 Å². The maximum absolute atomic E-state index is 11.9. The lowest BCUT2D eigenvalue weighted by atomic mass is 9.89. The second kappa shape index (κ2) is 8.81. The molecule has 0 N–H and O–H groups in total. The molecule has 0 saturated heterocycles. The largest absolute Gasteiger partial charge is 0.633 e. The van der Waals surface area contributed by atoms with Gasteiger partial charge < -0.3 is 14.6 Å². The SMILES string of the molecule is Cc1cccc(C)c1C(OCC[N+](C)(C)[O-])c1c(C)cccc1C.Cl. The van der Waals surface area contributed by atoms with Gasteiger partial charge in [-0.15, -0.1) is 12.4 Å². The first-order valence-corrected chi connectivity index (χ1v) is 8.48. The van der Waals surface area contributed by atoms with Crippen LogP contribution in [-0.2, 0) is 4.74 Å². The van der Waals surface area contributed by atoms with E-state index in [0.717, 1.165) is 0 Å². The molecule has 0 spiro atoms. The molecule has 3 nitrogen and oxygen atoms in total. The van der Waals surface area contributed by atoms with Crippen molar-refractivity contribution < 1.29 is 9.38 Å². The number of hydroxylamine groups is 3. The van der Waals surface area contributed by atoms with E-state index in [1.54, 1.807) is 14.1 Å². The third kappa shape index (κ3) is 5.55. The maximum atomic E-state index is 11.9. The molecule has 0 fully saturated rings. The van der Waals surface area contributed by atoms with Crippen LogP contribution in [0.1, 0.15) is 39.5 Å². The normalized spacial score (nSPS) is 11.5. The zero-order valence-electron chi connectivity index (χ0n) is 16.1. The lowest BCUT2D eigenvalue weighted by Crippen LogP contribution is -2.36. The number of aryl methyl sites for hydroxylation is 4. The number of hydrogen-bond donors (Lipinski definition) is 0. The molecular formula is C21H30ClNO2. The fourth-order valence-electron chi connectivity index (χ4n) is 3.18. The zero-order valence-corrected chi connectivity index (χ0v) is 16.9. The van der Waals surface area contributed by atoms with Crippen LogP contribution in [0.4, 0.5) is 0 Å². The third-order valence-corrected chi connectivity index (χ3v) is 4.52. The smallest absolute Gasteiger partial charge is 0.109 e. The summed E-state index contributed by atoms with van der Waals surface area (Å²) in [5, 5.41) is 11.9. The van der Waals surface area contributed by atoms with Gasteiger partial charge in [0.05, 0.1) is 20.7 Å². The summed E-state index contributed by atoms with van der Waals surface area (Å²) in [6.45, 7) is 9.37. The van der Waals surface area contributed by atoms with Gasteiger partial charge in [-0.1, -0.05) is 36.4 Å². The van der Waals surface area contributed by atoms with E-state index in [4.69, 9.17) is 4.74 Å². The predicted molar refractivity (Wildman–Crippen MR) is 107 cm³/mol. The summed E-state index contributed by atoms with van der Waals surface area (Å²) in [5.74, 6) is 0. The Bertz CT molecular complexity index is 616. The Morgan fingerprint density at radius 2 is 1.20 bits per heavy atom. The number of benzene rings is 2. The van der Waals surface area contributed by atoms with Crippen LogP contribution in [-0.4, -0.2) is 31.9 Å². The highest BCUT2D eigenvalue weighted by Crippen LogP contribution is 2.34. The van der Waals surface area contributed by atoms with Crippen LogP contribution in [0, 0.1) is 32.9 Å². The Labute approximate surface area is 158 Å². The number of halogens is 1. The van der Waals surface area contributed by atoms with Gasteiger partial charge in [-0.3, -0.25) is 0 Å². The average molecular weight is 364 g/mol. The number of nitrogens with zero attached hydrogens (tertiary/aromatic N) is 1. The number of quaternary nitrogens is 1. The molecule has 2 rings (SSSR count). The van der Waals surface area contributed by atoms with Crippen LogP contribution >= 0.6 is 12.4 Å². The summed E-state index contributed by atoms with van der Waals surface area (Å²) in [6, 6.07) is 12.7. The van der Waals surface area contributed by atoms with Gasteiger partial charge >= 0.3 is 0 Å². The number of hydrogen-bond acceptors (Lipinski definition) is 2. The quantitative estimate of drug-likeness (QED) is 0.533. The number of rotatable bonds is 6. The van der Waals surface area contributed by atoms with Gasteiger partial charge in [-0.2, -0.15) is 0 Å². The van der Waals surface area contributed by atoms with Crippen LogP contribution in [0.25, 0.3) is 0 Å². The third-order valence-electron chi connectivity index (χ3n) is 4.52. The summed E-state index contributed by atoms with van der Waals surface area (Å²) in [5.41, 5.74) is 7.31. The summed E-state index contributed by atoms with van der Waals surface area (Å²) >= 11 is 0. The van der Waals surface area contributed by atoms with Crippen molar-refractivity contribution in [2.24, 2.45) is 0 Å². The standard InChI is InChI=1S/C21H29NO2.ClH/c1-15-9-7-10-16(2)19(15)21(24-14-13-22(5,6)23)20-17(3)11-8-12-18(20)4;/h7-12,21H,13-14H2,1-6H3;1H. The Morgan fingerprint density at radius 3 is 1.52 bits per heavy atom. The molecule has 0 aliphatic rings. The first-order valence-electron chi connectivity index (χ1n) is 8.48. The minimum absolute atomic E-state index is 0. The Morgan fingerprint density at radius 1 is 0.840 bits per heavy atom. The highest BCUT2D eigenvalue weighted by atomic mass is 35.5. The maximum Gasteiger partial charge on any atom is 0.109 e. The number of ether oxygens (including phenoxy) is 1. The molecule has 0 radical (unpaired) electrons. The second-order valence-corrected chi connectivity index (χ2v) is 7.16. The van der Waals surface area contributed by atoms with Crippen molar-refractivity contribution in [1.29, 1.82) is 0 Å². The van der Waals surface area contributed by atoms with Crippen molar-refractivity contribution in [3.8, 4) is 0 Å². The fourth-order valence-corrected chi connectivity index (χ4v) is 3.18. The Kier molecular flexibility index (Phi) is 7.63. The average Bonchev–Trinajstić information content (AvgIpc) is 2.45. The van der Waals surface area contributed by atoms with Crippen LogP contribution in [0.15, 0.2) is 36.4 Å². The molecule has 0 aromatic heterocycles.